The van der Waals surface area contributed by atoms with Crippen LogP contribution in [0, 0.1) is 13.8 Å². The molecule has 6 heteroatoms. The zero-order valence-corrected chi connectivity index (χ0v) is 37.3. The van der Waals surface area contributed by atoms with Gasteiger partial charge in [-0.2, -0.15) is 40.3 Å². The van der Waals surface area contributed by atoms with Crippen LogP contribution >= 0.6 is 0 Å². The standard InChI is InChI=1S/2C22H16N.2C2H6N.C2H6Si.Zr/c2*1-15-13-16-7-6-12-22(19(16)14-15)23-20-10-4-2-8-17(20)18-9-3-5-11-21(18)23;3*1-3-2;/h2*2-14H,1H3;3*1-2H3;/q4*-1;;+2. The van der Waals surface area contributed by atoms with Gasteiger partial charge in [-0.05, 0) is 24.3 Å². The number of aryl methyl sites for hydroxylation is 2. The van der Waals surface area contributed by atoms with Gasteiger partial charge in [0.15, 0.2) is 0 Å². The van der Waals surface area contributed by atoms with Crippen LogP contribution in [0.25, 0.3) is 87.2 Å². The van der Waals surface area contributed by atoms with Crippen molar-refractivity contribution in [3.05, 3.63) is 179 Å². The molecule has 10 rings (SSSR count). The minimum atomic E-state index is 0.210. The van der Waals surface area contributed by atoms with Crippen molar-refractivity contribution in [3.8, 4) is 11.4 Å². The smallest absolute Gasteiger partial charge is 0.0532 e. The van der Waals surface area contributed by atoms with Gasteiger partial charge in [0.25, 0.3) is 0 Å². The summed E-state index contributed by atoms with van der Waals surface area (Å²) in [7, 11) is 7.00. The molecule has 4 nitrogen and oxygen atoms in total. The van der Waals surface area contributed by atoms with Crippen LogP contribution in [0.5, 0.6) is 0 Å². The van der Waals surface area contributed by atoms with E-state index in [1.165, 1.54) is 87.7 Å². The number of para-hydroxylation sites is 4. The predicted molar refractivity (Wildman–Crippen MR) is 245 cm³/mol. The van der Waals surface area contributed by atoms with Crippen LogP contribution in [-0.2, 0) is 23.3 Å². The van der Waals surface area contributed by atoms with Crippen LogP contribution in [0.1, 0.15) is 11.1 Å². The van der Waals surface area contributed by atoms with E-state index in [1.807, 2.05) is 0 Å². The van der Waals surface area contributed by atoms with Crippen molar-refractivity contribution in [3.63, 3.8) is 0 Å². The van der Waals surface area contributed by atoms with Gasteiger partial charge in [0, 0.05) is 32.9 Å². The molecule has 0 saturated heterocycles. The first-order valence-electron chi connectivity index (χ1n) is 19.0. The Kier molecular flexibility index (Phi) is 13.7. The number of hydrogen-bond acceptors (Lipinski definition) is 0. The maximum absolute atomic E-state index is 3.50. The molecule has 0 saturated carbocycles. The van der Waals surface area contributed by atoms with Gasteiger partial charge >= 0.3 is 41.9 Å². The first-order valence-corrected chi connectivity index (χ1v) is 25.2. The molecule has 0 spiro atoms. The van der Waals surface area contributed by atoms with E-state index in [0.29, 0.717) is 0 Å². The number of fused-ring (bicyclic) bond motifs is 8. The Morgan fingerprint density at radius 2 is 0.696 bits per heavy atom. The second-order valence-corrected chi connectivity index (χ2v) is 23.6. The Bertz CT molecular complexity index is 2580. The molecule has 0 atom stereocenters. The van der Waals surface area contributed by atoms with Crippen LogP contribution < -0.4 is 0 Å². The third-order valence-corrected chi connectivity index (χ3v) is 9.39. The van der Waals surface area contributed by atoms with E-state index in [0.717, 1.165) is 0 Å². The van der Waals surface area contributed by atoms with Gasteiger partial charge in [0.1, 0.15) is 0 Å². The van der Waals surface area contributed by atoms with Crippen LogP contribution in [0.3, 0.4) is 0 Å². The minimum absolute atomic E-state index is 0.210. The molecule has 0 aliphatic heterocycles. The summed E-state index contributed by atoms with van der Waals surface area (Å²) in [6.45, 7) is 8.94. The largest absolute Gasteiger partial charge is 0.318 e. The molecular formula is C50H50N4SiZr-2. The van der Waals surface area contributed by atoms with Gasteiger partial charge in [-0.25, -0.2) is 0 Å². The van der Waals surface area contributed by atoms with Crippen molar-refractivity contribution in [2.24, 2.45) is 0 Å². The summed E-state index contributed by atoms with van der Waals surface area (Å²) in [5, 5.41) is 17.5. The van der Waals surface area contributed by atoms with Crippen LogP contribution in [-0.4, -0.2) is 42.8 Å². The van der Waals surface area contributed by atoms with Gasteiger partial charge in [-0.1, -0.05) is 98.8 Å². The number of hydrogen-bond donors (Lipinski definition) is 0. The monoisotopic (exact) mass is 824 g/mol. The Hall–Kier alpha value is -4.84. The number of benzene rings is 6. The first-order chi connectivity index (χ1) is 27.2. The minimum Gasteiger partial charge on any atom is -0.318 e. The molecule has 0 aliphatic rings. The van der Waals surface area contributed by atoms with Crippen molar-refractivity contribution in [2.75, 3.05) is 28.2 Å². The maximum Gasteiger partial charge on any atom is 0.0532 e. The van der Waals surface area contributed by atoms with Crippen molar-refractivity contribution < 1.29 is 23.3 Å². The molecule has 0 aliphatic carbocycles. The van der Waals surface area contributed by atoms with Crippen molar-refractivity contribution in [2.45, 2.75) is 26.9 Å². The summed E-state index contributed by atoms with van der Waals surface area (Å²) < 4.78 is 4.79. The fourth-order valence-electron chi connectivity index (χ4n) is 7.49. The number of nitrogens with zero attached hydrogens (tertiary/aromatic N) is 4. The molecule has 0 bridgehead atoms. The quantitative estimate of drug-likeness (QED) is 0.123. The molecule has 2 heterocycles. The molecule has 0 N–H and O–H groups in total. The summed E-state index contributed by atoms with van der Waals surface area (Å²) in [6.07, 6.45) is 0. The van der Waals surface area contributed by atoms with Crippen molar-refractivity contribution >= 4 is 70.6 Å². The van der Waals surface area contributed by atoms with Gasteiger partial charge in [0.2, 0.25) is 0 Å². The van der Waals surface area contributed by atoms with E-state index in [2.05, 4.69) is 204 Å². The van der Waals surface area contributed by atoms with Crippen LogP contribution in [0.2, 0.25) is 13.1 Å². The zero-order chi connectivity index (χ0) is 39.8. The molecule has 8 aromatic carbocycles. The first kappa shape index (κ1) is 40.8. The average Bonchev–Trinajstić information content (AvgIpc) is 3.95. The Morgan fingerprint density at radius 3 is 0.982 bits per heavy atom. The molecular weight excluding hydrogens is 776 g/mol. The Balaban J connectivity index is 0.000000154. The third-order valence-electron chi connectivity index (χ3n) is 9.39. The summed E-state index contributed by atoms with van der Waals surface area (Å²) >= 11 is 1.74. The number of aromatic nitrogens is 2. The summed E-state index contributed by atoms with van der Waals surface area (Å²) in [6, 6.07) is 56.9. The Labute approximate surface area is 346 Å². The van der Waals surface area contributed by atoms with Crippen molar-refractivity contribution in [1.29, 1.82) is 0 Å². The molecule has 280 valence electrons. The molecule has 2 aromatic heterocycles. The van der Waals surface area contributed by atoms with E-state index in [-0.39, 0.29) is 5.43 Å². The van der Waals surface area contributed by atoms with Gasteiger partial charge < -0.3 is 19.8 Å². The van der Waals surface area contributed by atoms with E-state index in [1.54, 1.807) is 51.5 Å². The topological polar surface area (TPSA) is 38.1 Å². The predicted octanol–water partition coefficient (Wildman–Crippen LogP) is 14.0. The van der Waals surface area contributed by atoms with Crippen molar-refractivity contribution in [1.82, 2.24) is 9.13 Å². The van der Waals surface area contributed by atoms with Gasteiger partial charge in [-0.15, -0.1) is 69.1 Å². The molecule has 0 radical (unpaired) electrons. The van der Waals surface area contributed by atoms with E-state index in [9.17, 15) is 0 Å². The maximum atomic E-state index is 3.50. The molecule has 10 aromatic rings. The Morgan fingerprint density at radius 1 is 0.429 bits per heavy atom. The molecule has 0 amide bonds. The van der Waals surface area contributed by atoms with E-state index < -0.39 is 0 Å². The fraction of sp³-hybridized carbons (Fsp3) is 0.160. The number of rotatable bonds is 2. The summed E-state index contributed by atoms with van der Waals surface area (Å²) in [4.78, 5) is 0. The van der Waals surface area contributed by atoms with E-state index in [4.69, 9.17) is 0 Å². The second kappa shape index (κ2) is 18.9. The zero-order valence-electron chi connectivity index (χ0n) is 33.8. The average molecular weight is 826 g/mol. The van der Waals surface area contributed by atoms with Crippen LogP contribution in [0.4, 0.5) is 0 Å². The molecule has 56 heavy (non-hydrogen) atoms. The van der Waals surface area contributed by atoms with Gasteiger partial charge in [0.05, 0.1) is 22.1 Å². The normalized spacial score (nSPS) is 10.8. The molecule has 0 unspecified atom stereocenters. The second-order valence-electron chi connectivity index (χ2n) is 14.3. The van der Waals surface area contributed by atoms with Crippen LogP contribution in [0.15, 0.2) is 158 Å². The third kappa shape index (κ3) is 8.60. The molecule has 0 fully saturated rings. The van der Waals surface area contributed by atoms with E-state index >= 15 is 0 Å². The summed E-state index contributed by atoms with van der Waals surface area (Å²) in [5.41, 5.74) is 10.4. The SMILES string of the molecule is C[N-]C.C[N-]C.C[Si](C)=[Zr+2].Cc1cc2c(-n3c4ccccc4c4ccccc43)cccc2[cH-]1.Cc1cc2c(-n3c4ccccc4c4ccccc43)cccc2[cH-]1. The fourth-order valence-corrected chi connectivity index (χ4v) is 7.49. The van der Waals surface area contributed by atoms with Gasteiger partial charge in [-0.3, -0.25) is 0 Å². The summed E-state index contributed by atoms with van der Waals surface area (Å²) in [5.74, 6) is 0.